The summed E-state index contributed by atoms with van der Waals surface area (Å²) in [6.07, 6.45) is 0. The van der Waals surface area contributed by atoms with E-state index in [1.54, 1.807) is 6.07 Å². The van der Waals surface area contributed by atoms with Gasteiger partial charge in [0.2, 0.25) is 0 Å². The summed E-state index contributed by atoms with van der Waals surface area (Å²) in [4.78, 5) is 4.47. The molecule has 2 rings (SSSR count). The van der Waals surface area contributed by atoms with E-state index in [0.717, 1.165) is 17.8 Å². The first-order valence-electron chi connectivity index (χ1n) is 5.55. The summed E-state index contributed by atoms with van der Waals surface area (Å²) in [6.45, 7) is 2.73. The maximum atomic E-state index is 8.98. The summed E-state index contributed by atoms with van der Waals surface area (Å²) in [7, 11) is 0. The number of pyridine rings is 1. The molecule has 1 aromatic heterocycles. The molecular weight excluding hydrogens is 210 g/mol. The third-order valence-corrected chi connectivity index (χ3v) is 2.43. The molecule has 3 nitrogen and oxygen atoms in total. The second-order valence-corrected chi connectivity index (χ2v) is 3.60. The monoisotopic (exact) mass is 223 g/mol. The largest absolute Gasteiger partial charge is 0.369 e. The molecule has 0 unspecified atom stereocenters. The molecule has 0 aliphatic heterocycles. The van der Waals surface area contributed by atoms with Crippen molar-refractivity contribution in [1.82, 2.24) is 4.98 Å². The molecule has 17 heavy (non-hydrogen) atoms. The number of nitriles is 1. The molecule has 0 saturated carbocycles. The quantitative estimate of drug-likeness (QED) is 0.870. The highest BCUT2D eigenvalue weighted by Crippen LogP contribution is 2.20. The zero-order chi connectivity index (χ0) is 12.1. The van der Waals surface area contributed by atoms with Gasteiger partial charge in [-0.2, -0.15) is 5.26 Å². The predicted octanol–water partition coefficient (Wildman–Crippen LogP) is 3.05. The fraction of sp³-hybridized carbons (Fsp3) is 0.143. The molecule has 0 spiro atoms. The van der Waals surface area contributed by atoms with Crippen molar-refractivity contribution >= 4 is 5.82 Å². The average molecular weight is 223 g/mol. The van der Waals surface area contributed by atoms with Crippen LogP contribution in [0.5, 0.6) is 0 Å². The lowest BCUT2D eigenvalue weighted by Crippen LogP contribution is -2.02. The lowest BCUT2D eigenvalue weighted by molar-refractivity contribution is 1.15. The molecule has 0 aliphatic rings. The minimum Gasteiger partial charge on any atom is -0.369 e. The zero-order valence-corrected chi connectivity index (χ0v) is 9.64. The third-order valence-electron chi connectivity index (χ3n) is 2.43. The van der Waals surface area contributed by atoms with E-state index < -0.39 is 0 Å². The van der Waals surface area contributed by atoms with E-state index >= 15 is 0 Å². The number of benzene rings is 1. The van der Waals surface area contributed by atoms with Crippen LogP contribution in [-0.4, -0.2) is 11.5 Å². The van der Waals surface area contributed by atoms with Crippen LogP contribution in [0.15, 0.2) is 42.5 Å². The van der Waals surface area contributed by atoms with Gasteiger partial charge < -0.3 is 5.32 Å². The summed E-state index contributed by atoms with van der Waals surface area (Å²) in [6, 6.07) is 15.7. The van der Waals surface area contributed by atoms with Gasteiger partial charge in [0.05, 0.1) is 11.3 Å². The van der Waals surface area contributed by atoms with Crippen molar-refractivity contribution in [2.75, 3.05) is 11.9 Å². The highest BCUT2D eigenvalue weighted by molar-refractivity contribution is 5.64. The maximum absolute atomic E-state index is 8.98. The molecule has 0 amide bonds. The molecule has 2 aromatic rings. The second kappa shape index (κ2) is 5.13. The van der Waals surface area contributed by atoms with Crippen molar-refractivity contribution in [3.05, 3.63) is 48.0 Å². The molecule has 0 bridgehead atoms. The van der Waals surface area contributed by atoms with Crippen LogP contribution in [0, 0.1) is 11.3 Å². The van der Waals surface area contributed by atoms with E-state index in [-0.39, 0.29) is 0 Å². The van der Waals surface area contributed by atoms with Gasteiger partial charge in [-0.1, -0.05) is 30.3 Å². The summed E-state index contributed by atoms with van der Waals surface area (Å²) >= 11 is 0. The zero-order valence-electron chi connectivity index (χ0n) is 9.64. The van der Waals surface area contributed by atoms with Gasteiger partial charge in [0.1, 0.15) is 11.9 Å². The Labute approximate surface area is 101 Å². The van der Waals surface area contributed by atoms with E-state index in [2.05, 4.69) is 16.4 Å². The molecule has 0 aliphatic carbocycles. The number of hydrogen-bond acceptors (Lipinski definition) is 3. The van der Waals surface area contributed by atoms with E-state index in [0.29, 0.717) is 11.4 Å². The number of hydrogen-bond donors (Lipinski definition) is 1. The molecule has 0 atom stereocenters. The third kappa shape index (κ3) is 2.43. The van der Waals surface area contributed by atoms with Crippen LogP contribution in [0.3, 0.4) is 0 Å². The Kier molecular flexibility index (Phi) is 3.37. The lowest BCUT2D eigenvalue weighted by atomic mass is 10.1. The van der Waals surface area contributed by atoms with Crippen molar-refractivity contribution in [2.24, 2.45) is 0 Å². The molecule has 0 fully saturated rings. The highest BCUT2D eigenvalue weighted by Gasteiger charge is 2.05. The van der Waals surface area contributed by atoms with Crippen LogP contribution < -0.4 is 5.32 Å². The number of nitrogens with one attached hydrogen (secondary N) is 1. The fourth-order valence-corrected chi connectivity index (χ4v) is 1.62. The number of aromatic nitrogens is 1. The molecule has 84 valence electrons. The Balaban J connectivity index is 2.45. The molecule has 0 radical (unpaired) electrons. The molecular formula is C14H13N3. The standard InChI is InChI=1S/C14H13N3/c1-2-16-14-12(10-15)8-9-13(17-14)11-6-4-3-5-7-11/h3-9H,2H2,1H3,(H,16,17). The van der Waals surface area contributed by atoms with E-state index in [4.69, 9.17) is 5.26 Å². The summed E-state index contributed by atoms with van der Waals surface area (Å²) in [5.74, 6) is 0.649. The Morgan fingerprint density at radius 2 is 1.94 bits per heavy atom. The molecule has 3 heteroatoms. The first kappa shape index (κ1) is 11.2. The maximum Gasteiger partial charge on any atom is 0.144 e. The van der Waals surface area contributed by atoms with Crippen LogP contribution in [-0.2, 0) is 0 Å². The lowest BCUT2D eigenvalue weighted by Gasteiger charge is -2.07. The van der Waals surface area contributed by atoms with Gasteiger partial charge in [0.15, 0.2) is 0 Å². The molecule has 1 N–H and O–H groups in total. The van der Waals surface area contributed by atoms with E-state index in [1.807, 2.05) is 43.3 Å². The van der Waals surface area contributed by atoms with Crippen molar-refractivity contribution in [3.63, 3.8) is 0 Å². The molecule has 0 saturated heterocycles. The minimum atomic E-state index is 0.575. The average Bonchev–Trinajstić information content (AvgIpc) is 2.40. The van der Waals surface area contributed by atoms with Crippen molar-refractivity contribution in [3.8, 4) is 17.3 Å². The van der Waals surface area contributed by atoms with Crippen LogP contribution in [0.1, 0.15) is 12.5 Å². The molecule has 1 heterocycles. The van der Waals surface area contributed by atoms with Gasteiger partial charge in [-0.3, -0.25) is 0 Å². The van der Waals surface area contributed by atoms with Crippen molar-refractivity contribution in [2.45, 2.75) is 6.92 Å². The van der Waals surface area contributed by atoms with Crippen LogP contribution >= 0.6 is 0 Å². The van der Waals surface area contributed by atoms with E-state index in [1.165, 1.54) is 0 Å². The first-order chi connectivity index (χ1) is 8.35. The second-order valence-electron chi connectivity index (χ2n) is 3.60. The summed E-state index contributed by atoms with van der Waals surface area (Å²) in [5.41, 5.74) is 2.50. The van der Waals surface area contributed by atoms with Gasteiger partial charge in [0, 0.05) is 12.1 Å². The normalized spacial score (nSPS) is 9.65. The Morgan fingerprint density at radius 3 is 2.59 bits per heavy atom. The topological polar surface area (TPSA) is 48.7 Å². The highest BCUT2D eigenvalue weighted by atomic mass is 15.0. The Morgan fingerprint density at radius 1 is 1.18 bits per heavy atom. The number of anilines is 1. The minimum absolute atomic E-state index is 0.575. The van der Waals surface area contributed by atoms with Crippen LogP contribution in [0.4, 0.5) is 5.82 Å². The molecule has 1 aromatic carbocycles. The van der Waals surface area contributed by atoms with Crippen molar-refractivity contribution < 1.29 is 0 Å². The Bertz CT molecular complexity index is 541. The van der Waals surface area contributed by atoms with Crippen molar-refractivity contribution in [1.29, 1.82) is 5.26 Å². The SMILES string of the molecule is CCNc1nc(-c2ccccc2)ccc1C#N. The fourth-order valence-electron chi connectivity index (χ4n) is 1.62. The number of nitrogens with zero attached hydrogens (tertiary/aromatic N) is 2. The Hall–Kier alpha value is -2.34. The van der Waals surface area contributed by atoms with E-state index in [9.17, 15) is 0 Å². The van der Waals surface area contributed by atoms with Gasteiger partial charge in [-0.15, -0.1) is 0 Å². The smallest absolute Gasteiger partial charge is 0.144 e. The predicted molar refractivity (Wildman–Crippen MR) is 68.6 cm³/mol. The summed E-state index contributed by atoms with van der Waals surface area (Å²) in [5, 5.41) is 12.1. The van der Waals surface area contributed by atoms with Crippen LogP contribution in [0.25, 0.3) is 11.3 Å². The van der Waals surface area contributed by atoms with Crippen LogP contribution in [0.2, 0.25) is 0 Å². The van der Waals surface area contributed by atoms with Gasteiger partial charge in [0.25, 0.3) is 0 Å². The van der Waals surface area contributed by atoms with Gasteiger partial charge in [-0.25, -0.2) is 4.98 Å². The van der Waals surface area contributed by atoms with Gasteiger partial charge in [-0.05, 0) is 19.1 Å². The van der Waals surface area contributed by atoms with Gasteiger partial charge >= 0.3 is 0 Å². The summed E-state index contributed by atoms with van der Waals surface area (Å²) < 4.78 is 0. The number of rotatable bonds is 3. The first-order valence-corrected chi connectivity index (χ1v) is 5.55.